The molecule has 0 unspecified atom stereocenters. The number of fused-ring (bicyclic) bond motifs is 1. The number of carbonyl (C=O) groups is 2. The molecule has 3 aromatic carbocycles. The predicted octanol–water partition coefficient (Wildman–Crippen LogP) is 6.80. The Morgan fingerprint density at radius 3 is 2.40 bits per heavy atom. The van der Waals surface area contributed by atoms with E-state index in [1.807, 2.05) is 81.4 Å². The normalized spacial score (nSPS) is 14.5. The smallest absolute Gasteiger partial charge is 0.410 e. The minimum Gasteiger partial charge on any atom is -0.456 e. The van der Waals surface area contributed by atoms with Crippen LogP contribution in [0.15, 0.2) is 89.4 Å². The molecule has 1 N–H and O–H groups in total. The van der Waals surface area contributed by atoms with E-state index in [9.17, 15) is 9.59 Å². The van der Waals surface area contributed by atoms with Gasteiger partial charge in [-0.3, -0.25) is 9.69 Å². The zero-order chi connectivity index (χ0) is 28.1. The first-order valence-corrected chi connectivity index (χ1v) is 13.6. The Kier molecular flexibility index (Phi) is 8.03. The van der Waals surface area contributed by atoms with Crippen LogP contribution in [-0.2, 0) is 16.1 Å². The van der Waals surface area contributed by atoms with Gasteiger partial charge in [-0.1, -0.05) is 54.6 Å². The van der Waals surface area contributed by atoms with Crippen molar-refractivity contribution in [3.05, 3.63) is 96.1 Å². The van der Waals surface area contributed by atoms with Crippen LogP contribution in [0.5, 0.6) is 0 Å². The quantitative estimate of drug-likeness (QED) is 0.274. The monoisotopic (exact) mass is 537 g/mol. The fourth-order valence-corrected chi connectivity index (χ4v) is 4.70. The van der Waals surface area contributed by atoms with Crippen molar-refractivity contribution in [3.63, 3.8) is 0 Å². The van der Waals surface area contributed by atoms with E-state index in [0.717, 1.165) is 47.3 Å². The number of rotatable bonds is 6. The summed E-state index contributed by atoms with van der Waals surface area (Å²) in [7, 11) is 0. The number of para-hydroxylation sites is 1. The lowest BCUT2D eigenvalue weighted by Gasteiger charge is -2.35. The average molecular weight is 538 g/mol. The van der Waals surface area contributed by atoms with Crippen molar-refractivity contribution in [2.75, 3.05) is 31.5 Å². The van der Waals surface area contributed by atoms with Crippen LogP contribution < -0.4 is 5.32 Å². The molecule has 0 radical (unpaired) electrons. The third-order valence-corrected chi connectivity index (χ3v) is 6.69. The minimum atomic E-state index is -0.489. The molecule has 0 atom stereocenters. The molecule has 40 heavy (non-hydrogen) atoms. The van der Waals surface area contributed by atoms with Gasteiger partial charge in [0.15, 0.2) is 0 Å². The molecular formula is C33H35N3O4. The number of furan rings is 1. The number of nitrogens with one attached hydrogen (secondary N) is 1. The third kappa shape index (κ3) is 6.98. The van der Waals surface area contributed by atoms with Crippen LogP contribution in [0.1, 0.15) is 31.9 Å². The van der Waals surface area contributed by atoms with E-state index in [1.165, 1.54) is 6.08 Å². The summed E-state index contributed by atoms with van der Waals surface area (Å²) in [6.45, 7) is 9.29. The zero-order valence-corrected chi connectivity index (χ0v) is 23.2. The predicted molar refractivity (Wildman–Crippen MR) is 159 cm³/mol. The summed E-state index contributed by atoms with van der Waals surface area (Å²) in [4.78, 5) is 29.1. The lowest BCUT2D eigenvalue weighted by atomic mass is 10.1. The van der Waals surface area contributed by atoms with Crippen molar-refractivity contribution < 1.29 is 18.7 Å². The van der Waals surface area contributed by atoms with Crippen LogP contribution in [0.4, 0.5) is 10.5 Å². The first-order valence-electron chi connectivity index (χ1n) is 13.6. The highest BCUT2D eigenvalue weighted by molar-refractivity contribution is 6.04. The number of hydrogen-bond donors (Lipinski definition) is 1. The molecule has 7 nitrogen and oxygen atoms in total. The van der Waals surface area contributed by atoms with Crippen molar-refractivity contribution in [2.45, 2.75) is 32.9 Å². The van der Waals surface area contributed by atoms with E-state index in [-0.39, 0.29) is 12.0 Å². The second-order valence-electron chi connectivity index (χ2n) is 11.0. The SMILES string of the molecule is CC(C)(C)OC(=O)N1CCN(Cc2ccc3cc(-c4ccccc4NC(=O)/C=C/c4ccccc4)oc3c2)CC1. The number of piperazine rings is 1. The average Bonchev–Trinajstić information content (AvgIpc) is 3.35. The first-order chi connectivity index (χ1) is 19.2. The lowest BCUT2D eigenvalue weighted by molar-refractivity contribution is -0.111. The van der Waals surface area contributed by atoms with Gasteiger partial charge in [-0.05, 0) is 62.2 Å². The highest BCUT2D eigenvalue weighted by atomic mass is 16.6. The van der Waals surface area contributed by atoms with Gasteiger partial charge in [0, 0.05) is 49.7 Å². The van der Waals surface area contributed by atoms with Crippen molar-refractivity contribution in [1.82, 2.24) is 9.80 Å². The number of ether oxygens (including phenoxy) is 1. The van der Waals surface area contributed by atoms with Crippen LogP contribution in [0.2, 0.25) is 0 Å². The van der Waals surface area contributed by atoms with Gasteiger partial charge in [0.25, 0.3) is 0 Å². The molecule has 4 aromatic rings. The molecule has 0 bridgehead atoms. The first kappa shape index (κ1) is 27.2. The highest BCUT2D eigenvalue weighted by Gasteiger charge is 2.26. The Labute approximate surface area is 235 Å². The van der Waals surface area contributed by atoms with Crippen LogP contribution in [0.3, 0.4) is 0 Å². The summed E-state index contributed by atoms with van der Waals surface area (Å²) in [6.07, 6.45) is 3.07. The fourth-order valence-electron chi connectivity index (χ4n) is 4.70. The topological polar surface area (TPSA) is 75.0 Å². The zero-order valence-electron chi connectivity index (χ0n) is 23.2. The van der Waals surface area contributed by atoms with Gasteiger partial charge in [-0.25, -0.2) is 4.79 Å². The van der Waals surface area contributed by atoms with E-state index in [4.69, 9.17) is 9.15 Å². The second kappa shape index (κ2) is 11.8. The molecular weight excluding hydrogens is 502 g/mol. The van der Waals surface area contributed by atoms with E-state index in [1.54, 1.807) is 11.0 Å². The summed E-state index contributed by atoms with van der Waals surface area (Å²) in [5.74, 6) is 0.488. The minimum absolute atomic E-state index is 0.207. The molecule has 1 fully saturated rings. The van der Waals surface area contributed by atoms with Gasteiger partial charge in [0.1, 0.15) is 16.9 Å². The van der Waals surface area contributed by atoms with Gasteiger partial charge < -0.3 is 19.4 Å². The maximum Gasteiger partial charge on any atom is 0.410 e. The largest absolute Gasteiger partial charge is 0.456 e. The summed E-state index contributed by atoms with van der Waals surface area (Å²) in [5.41, 5.74) is 3.92. The van der Waals surface area contributed by atoms with E-state index >= 15 is 0 Å². The van der Waals surface area contributed by atoms with Gasteiger partial charge in [0.2, 0.25) is 5.91 Å². The number of anilines is 1. The number of nitrogens with zero attached hydrogens (tertiary/aromatic N) is 2. The standard InChI is InChI=1S/C33H35N3O4/c1-33(2,3)40-32(38)36-19-17-35(18-20-36)23-25-13-15-26-22-30(39-29(26)21-25)27-11-7-8-12-28(27)34-31(37)16-14-24-9-5-4-6-10-24/h4-16,21-22H,17-20,23H2,1-3H3,(H,34,37)/b16-14+. The second-order valence-corrected chi connectivity index (χ2v) is 11.0. The molecule has 1 saturated heterocycles. The number of benzene rings is 3. The Morgan fingerprint density at radius 2 is 1.65 bits per heavy atom. The Morgan fingerprint density at radius 1 is 0.925 bits per heavy atom. The third-order valence-electron chi connectivity index (χ3n) is 6.69. The summed E-state index contributed by atoms with van der Waals surface area (Å²) in [6, 6.07) is 25.6. The molecule has 0 spiro atoms. The van der Waals surface area contributed by atoms with Gasteiger partial charge in [0.05, 0.1) is 5.69 Å². The fraction of sp³-hybridized carbons (Fsp3) is 0.273. The number of amides is 2. The van der Waals surface area contributed by atoms with Gasteiger partial charge >= 0.3 is 6.09 Å². The molecule has 5 rings (SSSR count). The molecule has 1 aromatic heterocycles. The maximum absolute atomic E-state index is 12.6. The number of hydrogen-bond acceptors (Lipinski definition) is 5. The van der Waals surface area contributed by atoms with E-state index in [0.29, 0.717) is 24.5 Å². The van der Waals surface area contributed by atoms with Crippen molar-refractivity contribution >= 4 is 34.7 Å². The van der Waals surface area contributed by atoms with Crippen molar-refractivity contribution in [1.29, 1.82) is 0 Å². The molecule has 0 aliphatic carbocycles. The Bertz CT molecular complexity index is 1510. The molecule has 2 heterocycles. The molecule has 1 aliphatic rings. The van der Waals surface area contributed by atoms with Gasteiger partial charge in [-0.15, -0.1) is 0 Å². The summed E-state index contributed by atoms with van der Waals surface area (Å²) < 4.78 is 11.8. The molecule has 1 aliphatic heterocycles. The van der Waals surface area contributed by atoms with Crippen LogP contribution in [0.25, 0.3) is 28.4 Å². The summed E-state index contributed by atoms with van der Waals surface area (Å²) >= 11 is 0. The summed E-state index contributed by atoms with van der Waals surface area (Å²) in [5, 5.41) is 3.98. The van der Waals surface area contributed by atoms with Gasteiger partial charge in [-0.2, -0.15) is 0 Å². The lowest BCUT2D eigenvalue weighted by Crippen LogP contribution is -2.49. The Balaban J connectivity index is 1.24. The van der Waals surface area contributed by atoms with Crippen LogP contribution in [-0.4, -0.2) is 53.6 Å². The van der Waals surface area contributed by atoms with E-state index < -0.39 is 5.60 Å². The van der Waals surface area contributed by atoms with Crippen LogP contribution in [0, 0.1) is 0 Å². The number of carbonyl (C=O) groups excluding carboxylic acids is 2. The molecule has 0 saturated carbocycles. The maximum atomic E-state index is 12.6. The van der Waals surface area contributed by atoms with Crippen molar-refractivity contribution in [2.24, 2.45) is 0 Å². The molecule has 206 valence electrons. The van der Waals surface area contributed by atoms with E-state index in [2.05, 4.69) is 28.4 Å². The van der Waals surface area contributed by atoms with Crippen molar-refractivity contribution in [3.8, 4) is 11.3 Å². The molecule has 7 heteroatoms. The Hall–Kier alpha value is -4.36. The highest BCUT2D eigenvalue weighted by Crippen LogP contribution is 2.33. The molecule has 2 amide bonds. The van der Waals surface area contributed by atoms with Crippen LogP contribution >= 0.6 is 0 Å².